The van der Waals surface area contributed by atoms with E-state index in [-0.39, 0.29) is 18.4 Å². The molecule has 0 fully saturated rings. The van der Waals surface area contributed by atoms with Gasteiger partial charge in [-0.3, -0.25) is 9.59 Å². The fourth-order valence-electron chi connectivity index (χ4n) is 1.83. The van der Waals surface area contributed by atoms with Gasteiger partial charge in [0.25, 0.3) is 11.8 Å². The zero-order chi connectivity index (χ0) is 15.0. The molecule has 2 heterocycles. The first-order valence-corrected chi connectivity index (χ1v) is 7.90. The molecule has 8 heteroatoms. The van der Waals surface area contributed by atoms with Crippen molar-refractivity contribution in [1.82, 2.24) is 0 Å². The van der Waals surface area contributed by atoms with Crippen molar-refractivity contribution in [3.05, 3.63) is 38.0 Å². The molecule has 2 N–H and O–H groups in total. The van der Waals surface area contributed by atoms with Crippen molar-refractivity contribution in [3.63, 3.8) is 0 Å². The highest BCUT2D eigenvalue weighted by molar-refractivity contribution is 9.10. The molecular formula is C13H8BrClN2O3S. The molecule has 0 aliphatic carbocycles. The molecule has 2 amide bonds. The Hall–Kier alpha value is -1.57. The molecular weight excluding hydrogens is 380 g/mol. The monoisotopic (exact) mass is 386 g/mol. The summed E-state index contributed by atoms with van der Waals surface area (Å²) in [6.45, 7) is -0.0571. The van der Waals surface area contributed by atoms with Crippen LogP contribution >= 0.6 is 38.9 Å². The minimum Gasteiger partial charge on any atom is -0.482 e. The topological polar surface area (TPSA) is 67.4 Å². The molecule has 2 aromatic rings. The number of thiophene rings is 1. The second kappa shape index (κ2) is 5.67. The summed E-state index contributed by atoms with van der Waals surface area (Å²) >= 11 is 10.8. The van der Waals surface area contributed by atoms with E-state index in [0.29, 0.717) is 27.0 Å². The highest BCUT2D eigenvalue weighted by Crippen LogP contribution is 2.36. The zero-order valence-electron chi connectivity index (χ0n) is 10.4. The van der Waals surface area contributed by atoms with Gasteiger partial charge in [-0.05, 0) is 33.4 Å². The Balaban J connectivity index is 1.88. The standard InChI is InChI=1S/C13H8BrClN2O3S/c14-6-1-2-21-12(6)13(19)17-8-4-10-9(3-7(8)15)16-11(18)5-20-10/h1-4H,5H2,(H,16,18)(H,17,19). The van der Waals surface area contributed by atoms with E-state index >= 15 is 0 Å². The average Bonchev–Trinajstić information content (AvgIpc) is 2.86. The van der Waals surface area contributed by atoms with Crippen molar-refractivity contribution in [3.8, 4) is 5.75 Å². The number of halogens is 2. The summed E-state index contributed by atoms with van der Waals surface area (Å²) in [6, 6.07) is 4.94. The number of amides is 2. The molecule has 1 aromatic carbocycles. The van der Waals surface area contributed by atoms with Crippen LogP contribution in [0.15, 0.2) is 28.1 Å². The number of hydrogen-bond acceptors (Lipinski definition) is 4. The van der Waals surface area contributed by atoms with Gasteiger partial charge >= 0.3 is 0 Å². The summed E-state index contributed by atoms with van der Waals surface area (Å²) in [5, 5.41) is 7.51. The van der Waals surface area contributed by atoms with Crippen molar-refractivity contribution >= 4 is 62.1 Å². The zero-order valence-corrected chi connectivity index (χ0v) is 13.6. The van der Waals surface area contributed by atoms with Gasteiger partial charge in [-0.25, -0.2) is 0 Å². The van der Waals surface area contributed by atoms with Crippen LogP contribution < -0.4 is 15.4 Å². The Labute approximate surface area is 137 Å². The first-order valence-electron chi connectivity index (χ1n) is 5.85. The van der Waals surface area contributed by atoms with Crippen molar-refractivity contribution in [1.29, 1.82) is 0 Å². The molecule has 0 saturated carbocycles. The maximum atomic E-state index is 12.2. The number of anilines is 2. The van der Waals surface area contributed by atoms with Gasteiger partial charge in [0, 0.05) is 10.5 Å². The second-order valence-electron chi connectivity index (χ2n) is 4.22. The first kappa shape index (κ1) is 14.4. The molecule has 1 aliphatic heterocycles. The van der Waals surface area contributed by atoms with Crippen LogP contribution in [0.25, 0.3) is 0 Å². The second-order valence-corrected chi connectivity index (χ2v) is 6.39. The third-order valence-electron chi connectivity index (χ3n) is 2.77. The summed E-state index contributed by atoms with van der Waals surface area (Å²) in [6.07, 6.45) is 0. The number of benzene rings is 1. The Bertz CT molecular complexity index is 747. The molecule has 108 valence electrons. The molecule has 0 bridgehead atoms. The number of ether oxygens (including phenoxy) is 1. The summed E-state index contributed by atoms with van der Waals surface area (Å²) in [7, 11) is 0. The van der Waals surface area contributed by atoms with Crippen molar-refractivity contribution in [2.45, 2.75) is 0 Å². The van der Waals surface area contributed by atoms with E-state index in [4.69, 9.17) is 16.3 Å². The Kier molecular flexibility index (Phi) is 3.88. The molecule has 1 aromatic heterocycles. The van der Waals surface area contributed by atoms with Crippen LogP contribution in [0.5, 0.6) is 5.75 Å². The van der Waals surface area contributed by atoms with Gasteiger partial charge in [-0.15, -0.1) is 11.3 Å². The SMILES string of the molecule is O=C1COc2cc(NC(=O)c3sccc3Br)c(Cl)cc2N1. The van der Waals surface area contributed by atoms with Crippen molar-refractivity contribution in [2.75, 3.05) is 17.2 Å². The largest absolute Gasteiger partial charge is 0.482 e. The van der Waals surface area contributed by atoms with E-state index in [1.807, 2.05) is 5.38 Å². The molecule has 1 aliphatic rings. The number of hydrogen-bond donors (Lipinski definition) is 2. The maximum Gasteiger partial charge on any atom is 0.266 e. The van der Waals surface area contributed by atoms with Crippen LogP contribution in [0.1, 0.15) is 9.67 Å². The van der Waals surface area contributed by atoms with Gasteiger partial charge in [0.05, 0.1) is 16.4 Å². The van der Waals surface area contributed by atoms with E-state index in [1.165, 1.54) is 11.3 Å². The summed E-state index contributed by atoms with van der Waals surface area (Å²) < 4.78 is 6.02. The molecule has 3 rings (SSSR count). The lowest BCUT2D eigenvalue weighted by Crippen LogP contribution is -2.25. The van der Waals surface area contributed by atoms with E-state index in [0.717, 1.165) is 4.47 Å². The summed E-state index contributed by atoms with van der Waals surface area (Å²) in [4.78, 5) is 24.0. The van der Waals surface area contributed by atoms with Crippen LogP contribution in [-0.2, 0) is 4.79 Å². The lowest BCUT2D eigenvalue weighted by molar-refractivity contribution is -0.118. The molecule has 0 atom stereocenters. The van der Waals surface area contributed by atoms with E-state index in [2.05, 4.69) is 26.6 Å². The molecule has 0 saturated heterocycles. The summed E-state index contributed by atoms with van der Waals surface area (Å²) in [5.41, 5.74) is 0.920. The van der Waals surface area contributed by atoms with Crippen LogP contribution in [0, 0.1) is 0 Å². The Morgan fingerprint density at radius 2 is 2.29 bits per heavy atom. The van der Waals surface area contributed by atoms with E-state index in [1.54, 1.807) is 18.2 Å². The predicted molar refractivity (Wildman–Crippen MR) is 85.5 cm³/mol. The lowest BCUT2D eigenvalue weighted by Gasteiger charge is -2.19. The average molecular weight is 388 g/mol. The molecule has 5 nitrogen and oxygen atoms in total. The predicted octanol–water partition coefficient (Wildman–Crippen LogP) is 3.75. The third-order valence-corrected chi connectivity index (χ3v) is 4.92. The third kappa shape index (κ3) is 2.90. The van der Waals surface area contributed by atoms with E-state index < -0.39 is 0 Å². The minimum atomic E-state index is -0.265. The van der Waals surface area contributed by atoms with Crippen LogP contribution in [0.4, 0.5) is 11.4 Å². The number of rotatable bonds is 2. The van der Waals surface area contributed by atoms with Crippen LogP contribution in [0.3, 0.4) is 0 Å². The Morgan fingerprint density at radius 3 is 3.00 bits per heavy atom. The minimum absolute atomic E-state index is 0.0571. The van der Waals surface area contributed by atoms with Gasteiger partial charge in [0.1, 0.15) is 10.6 Å². The number of carbonyl (C=O) groups excluding carboxylic acids is 2. The molecule has 0 unspecified atom stereocenters. The van der Waals surface area contributed by atoms with Gasteiger partial charge < -0.3 is 15.4 Å². The highest BCUT2D eigenvalue weighted by atomic mass is 79.9. The smallest absolute Gasteiger partial charge is 0.266 e. The number of nitrogens with one attached hydrogen (secondary N) is 2. The quantitative estimate of drug-likeness (QED) is 0.825. The first-order chi connectivity index (χ1) is 10.0. The van der Waals surface area contributed by atoms with E-state index in [9.17, 15) is 9.59 Å². The number of fused-ring (bicyclic) bond motifs is 1. The van der Waals surface area contributed by atoms with Crippen molar-refractivity contribution < 1.29 is 14.3 Å². The van der Waals surface area contributed by atoms with Gasteiger partial charge in [0.15, 0.2) is 6.61 Å². The van der Waals surface area contributed by atoms with Gasteiger partial charge in [-0.2, -0.15) is 0 Å². The molecule has 0 radical (unpaired) electrons. The Morgan fingerprint density at radius 1 is 1.48 bits per heavy atom. The summed E-state index contributed by atoms with van der Waals surface area (Å²) in [5.74, 6) is -0.0315. The number of carbonyl (C=O) groups is 2. The van der Waals surface area contributed by atoms with Crippen LogP contribution in [-0.4, -0.2) is 18.4 Å². The molecule has 0 spiro atoms. The lowest BCUT2D eigenvalue weighted by atomic mass is 10.2. The fraction of sp³-hybridized carbons (Fsp3) is 0.0769. The molecule has 21 heavy (non-hydrogen) atoms. The van der Waals surface area contributed by atoms with Crippen LogP contribution in [0.2, 0.25) is 5.02 Å². The van der Waals surface area contributed by atoms with Gasteiger partial charge in [0.2, 0.25) is 0 Å². The highest BCUT2D eigenvalue weighted by Gasteiger charge is 2.20. The van der Waals surface area contributed by atoms with Crippen molar-refractivity contribution in [2.24, 2.45) is 0 Å². The fourth-order valence-corrected chi connectivity index (χ4v) is 3.49. The van der Waals surface area contributed by atoms with Gasteiger partial charge in [-0.1, -0.05) is 11.6 Å². The normalized spacial score (nSPS) is 13.1. The maximum absolute atomic E-state index is 12.2.